The summed E-state index contributed by atoms with van der Waals surface area (Å²) in [4.78, 5) is 18.8. The van der Waals surface area contributed by atoms with Gasteiger partial charge in [-0.05, 0) is 23.3 Å². The Hall–Kier alpha value is -2.69. The first-order valence-electron chi connectivity index (χ1n) is 7.33. The van der Waals surface area contributed by atoms with Crippen LogP contribution < -0.4 is 5.90 Å². The molecule has 0 saturated heterocycles. The number of carboxylic acid groups (broad SMARTS) is 1. The quantitative estimate of drug-likeness (QED) is 0.546. The molecule has 0 amide bonds. The molecule has 0 radical (unpaired) electrons. The summed E-state index contributed by atoms with van der Waals surface area (Å²) in [5.74, 6) is 3.39. The van der Waals surface area contributed by atoms with Gasteiger partial charge in [0.2, 0.25) is 0 Å². The number of carboxylic acids is 1. The maximum Gasteiger partial charge on any atom is 0.416 e. The van der Waals surface area contributed by atoms with E-state index in [4.69, 9.17) is 15.7 Å². The Balaban J connectivity index is 2.26. The van der Waals surface area contributed by atoms with E-state index in [1.54, 1.807) is 10.8 Å². The maximum atomic E-state index is 12.9. The van der Waals surface area contributed by atoms with E-state index in [2.05, 4.69) is 9.82 Å². The zero-order valence-electron chi connectivity index (χ0n) is 13.4. The lowest BCUT2D eigenvalue weighted by atomic mass is 10.0. The topological polar surface area (TPSA) is 99.6 Å². The summed E-state index contributed by atoms with van der Waals surface area (Å²) < 4.78 is 45.4. The van der Waals surface area contributed by atoms with Crippen LogP contribution in [-0.4, -0.2) is 33.5 Å². The fourth-order valence-electron chi connectivity index (χ4n) is 2.15. The number of nitrogens with zero attached hydrogens (tertiary/aromatic N) is 2. The molecule has 0 saturated carbocycles. The molecule has 1 aromatic carbocycles. The number of rotatable bonds is 8. The first-order chi connectivity index (χ1) is 12.3. The maximum absolute atomic E-state index is 12.9. The average molecular weight is 371 g/mol. The number of aliphatic carboxylic acids is 1. The number of benzene rings is 1. The van der Waals surface area contributed by atoms with Gasteiger partial charge in [0.05, 0.1) is 18.5 Å². The van der Waals surface area contributed by atoms with Gasteiger partial charge in [0.15, 0.2) is 0 Å². The normalized spacial score (nSPS) is 13.6. The van der Waals surface area contributed by atoms with Gasteiger partial charge in [-0.2, -0.15) is 13.2 Å². The van der Waals surface area contributed by atoms with E-state index >= 15 is 0 Å². The van der Waals surface area contributed by atoms with Gasteiger partial charge in [-0.15, -0.1) is 0 Å². The van der Waals surface area contributed by atoms with Gasteiger partial charge in [0.1, 0.15) is 0 Å². The van der Waals surface area contributed by atoms with Gasteiger partial charge >= 0.3 is 12.1 Å². The summed E-state index contributed by atoms with van der Waals surface area (Å²) in [5, 5.41) is 8.80. The monoisotopic (exact) mass is 371 g/mol. The minimum absolute atomic E-state index is 0.214. The number of halogens is 3. The third kappa shape index (κ3) is 5.41. The molecular formula is C16H16F3N3O4. The van der Waals surface area contributed by atoms with Crippen LogP contribution in [0.15, 0.2) is 49.1 Å². The Bertz CT molecular complexity index is 760. The van der Waals surface area contributed by atoms with Crippen molar-refractivity contribution in [1.82, 2.24) is 9.55 Å². The lowest BCUT2D eigenvalue weighted by Gasteiger charge is -2.14. The van der Waals surface area contributed by atoms with Crippen molar-refractivity contribution in [2.24, 2.45) is 5.90 Å². The van der Waals surface area contributed by atoms with Crippen LogP contribution in [0, 0.1) is 0 Å². The Labute approximate surface area is 146 Å². The van der Waals surface area contributed by atoms with E-state index in [1.807, 2.05) is 0 Å². The van der Waals surface area contributed by atoms with Crippen molar-refractivity contribution in [2.75, 3.05) is 6.61 Å². The first kappa shape index (κ1) is 19.6. The fraction of sp³-hybridized carbons (Fsp3) is 0.250. The molecule has 7 nitrogen and oxygen atoms in total. The van der Waals surface area contributed by atoms with E-state index < -0.39 is 24.0 Å². The summed E-state index contributed by atoms with van der Waals surface area (Å²) in [6.45, 7) is -0.0136. The van der Waals surface area contributed by atoms with Crippen molar-refractivity contribution in [1.29, 1.82) is 0 Å². The second kappa shape index (κ2) is 8.61. The smallest absolute Gasteiger partial charge is 0.416 e. The van der Waals surface area contributed by atoms with Crippen LogP contribution in [0.1, 0.15) is 11.1 Å². The van der Waals surface area contributed by atoms with Gasteiger partial charge in [-0.25, -0.2) is 15.7 Å². The van der Waals surface area contributed by atoms with Crippen LogP contribution in [-0.2, 0) is 27.1 Å². The molecule has 26 heavy (non-hydrogen) atoms. The number of hydrogen-bond donors (Lipinski definition) is 2. The molecule has 0 aliphatic rings. The Kier molecular flexibility index (Phi) is 6.50. The molecule has 1 heterocycles. The van der Waals surface area contributed by atoms with Crippen LogP contribution in [0.25, 0.3) is 5.57 Å². The van der Waals surface area contributed by atoms with E-state index in [0.29, 0.717) is 11.1 Å². The second-order valence-electron chi connectivity index (χ2n) is 5.18. The highest BCUT2D eigenvalue weighted by Gasteiger charge is 2.30. The van der Waals surface area contributed by atoms with Crippen LogP contribution in [0.5, 0.6) is 0 Å². The highest BCUT2D eigenvalue weighted by atomic mass is 19.4. The highest BCUT2D eigenvalue weighted by Crippen LogP contribution is 2.31. The molecule has 1 unspecified atom stereocenters. The van der Waals surface area contributed by atoms with Crippen LogP contribution in [0.4, 0.5) is 13.2 Å². The fourth-order valence-corrected chi connectivity index (χ4v) is 2.15. The van der Waals surface area contributed by atoms with E-state index in [0.717, 1.165) is 12.1 Å². The molecule has 1 aromatic heterocycles. The van der Waals surface area contributed by atoms with Crippen molar-refractivity contribution < 1.29 is 32.6 Å². The summed E-state index contributed by atoms with van der Waals surface area (Å²) in [6, 6.07) is 4.80. The zero-order chi connectivity index (χ0) is 19.2. The summed E-state index contributed by atoms with van der Waals surface area (Å²) in [6.07, 6.45) is -0.0132. The van der Waals surface area contributed by atoms with Crippen LogP contribution >= 0.6 is 0 Å². The molecule has 140 valence electrons. The van der Waals surface area contributed by atoms with Gasteiger partial charge in [0.25, 0.3) is 6.29 Å². The third-order valence-corrected chi connectivity index (χ3v) is 3.38. The number of alkyl halides is 3. The van der Waals surface area contributed by atoms with Gasteiger partial charge in [0, 0.05) is 18.9 Å². The summed E-state index contributed by atoms with van der Waals surface area (Å²) in [7, 11) is 0. The van der Waals surface area contributed by atoms with Crippen molar-refractivity contribution in [3.8, 4) is 0 Å². The van der Waals surface area contributed by atoms with Crippen LogP contribution in [0.2, 0.25) is 0 Å². The molecule has 2 aromatic rings. The summed E-state index contributed by atoms with van der Waals surface area (Å²) >= 11 is 0. The molecule has 3 N–H and O–H groups in total. The molecule has 0 fully saturated rings. The van der Waals surface area contributed by atoms with Crippen LogP contribution in [0.3, 0.4) is 0 Å². The largest absolute Gasteiger partial charge is 0.477 e. The predicted molar refractivity (Wildman–Crippen MR) is 84.3 cm³/mol. The standard InChI is InChI=1S/C16H16F3N3O4/c17-16(18,19)13-3-1-2-11(8-13)12(9-22-6-5-21-10-22)4-7-25-15(26-20)14(23)24/h1-6,8,10,15H,7,9,20H2,(H,23,24). The molecule has 2 rings (SSSR count). The molecule has 0 aliphatic carbocycles. The average Bonchev–Trinajstić information content (AvgIpc) is 3.10. The second-order valence-corrected chi connectivity index (χ2v) is 5.18. The number of imidazole rings is 1. The third-order valence-electron chi connectivity index (χ3n) is 3.38. The molecule has 10 heteroatoms. The number of carbonyl (C=O) groups is 1. The number of allylic oxidation sites excluding steroid dienone is 1. The van der Waals surface area contributed by atoms with Crippen molar-refractivity contribution >= 4 is 11.5 Å². The number of nitrogens with two attached hydrogens (primary N) is 1. The predicted octanol–water partition coefficient (Wildman–Crippen LogP) is 2.30. The SMILES string of the molecule is NOC(OCC=C(Cn1ccnc1)c1cccc(C(F)(F)F)c1)C(=O)O. The van der Waals surface area contributed by atoms with Crippen molar-refractivity contribution in [3.63, 3.8) is 0 Å². The van der Waals surface area contributed by atoms with Gasteiger partial charge in [-0.3, -0.25) is 4.84 Å². The van der Waals surface area contributed by atoms with E-state index in [1.165, 1.54) is 30.7 Å². The summed E-state index contributed by atoms with van der Waals surface area (Å²) in [5.41, 5.74) is 0.00841. The zero-order valence-corrected chi connectivity index (χ0v) is 13.4. The van der Waals surface area contributed by atoms with Gasteiger partial charge < -0.3 is 14.4 Å². The van der Waals surface area contributed by atoms with E-state index in [9.17, 15) is 18.0 Å². The number of hydrogen-bond acceptors (Lipinski definition) is 5. The van der Waals surface area contributed by atoms with Crippen molar-refractivity contribution in [2.45, 2.75) is 19.0 Å². The molecular weight excluding hydrogens is 355 g/mol. The Morgan fingerprint density at radius 1 is 1.42 bits per heavy atom. The number of ether oxygens (including phenoxy) is 1. The first-order valence-corrected chi connectivity index (χ1v) is 7.33. The van der Waals surface area contributed by atoms with E-state index in [-0.39, 0.29) is 13.2 Å². The molecule has 0 aliphatic heterocycles. The highest BCUT2D eigenvalue weighted by molar-refractivity contribution is 5.70. The van der Waals surface area contributed by atoms with Gasteiger partial charge in [-0.1, -0.05) is 18.2 Å². The van der Waals surface area contributed by atoms with Crippen molar-refractivity contribution in [3.05, 3.63) is 60.2 Å². The Morgan fingerprint density at radius 3 is 2.77 bits per heavy atom. The lowest BCUT2D eigenvalue weighted by Crippen LogP contribution is -2.30. The molecule has 0 bridgehead atoms. The number of aromatic nitrogens is 2. The molecule has 0 spiro atoms. The molecule has 1 atom stereocenters. The minimum atomic E-state index is -4.48. The lowest BCUT2D eigenvalue weighted by molar-refractivity contribution is -0.187. The minimum Gasteiger partial charge on any atom is -0.477 e. The Morgan fingerprint density at radius 2 is 2.19 bits per heavy atom.